The van der Waals surface area contributed by atoms with E-state index in [2.05, 4.69) is 36.5 Å². The minimum atomic E-state index is 0.187. The van der Waals surface area contributed by atoms with E-state index in [4.69, 9.17) is 4.74 Å². The molecule has 1 unspecified atom stereocenters. The molecule has 3 heteroatoms. The first kappa shape index (κ1) is 20.2. The molecule has 3 nitrogen and oxygen atoms in total. The quantitative estimate of drug-likeness (QED) is 0.573. The molecule has 27 heavy (non-hydrogen) atoms. The maximum atomic E-state index is 11.6. The third-order valence-corrected chi connectivity index (χ3v) is 6.54. The lowest BCUT2D eigenvalue weighted by Gasteiger charge is -2.27. The molecule has 0 radical (unpaired) electrons. The summed E-state index contributed by atoms with van der Waals surface area (Å²) in [6.07, 6.45) is 11.0. The second-order valence-corrected chi connectivity index (χ2v) is 8.74. The van der Waals surface area contributed by atoms with Crippen LogP contribution in [-0.2, 0) is 4.79 Å². The highest BCUT2D eigenvalue weighted by Gasteiger charge is 2.38. The molecule has 2 aliphatic rings. The Morgan fingerprint density at radius 2 is 2.07 bits per heavy atom. The highest BCUT2D eigenvalue weighted by Crippen LogP contribution is 2.47. The highest BCUT2D eigenvalue weighted by atomic mass is 16.5. The van der Waals surface area contributed by atoms with E-state index in [0.29, 0.717) is 18.3 Å². The van der Waals surface area contributed by atoms with E-state index in [-0.39, 0.29) is 5.91 Å². The number of amides is 1. The van der Waals surface area contributed by atoms with Crippen molar-refractivity contribution in [2.24, 2.45) is 17.8 Å². The van der Waals surface area contributed by atoms with Crippen molar-refractivity contribution in [1.29, 1.82) is 0 Å². The molecule has 0 saturated heterocycles. The highest BCUT2D eigenvalue weighted by molar-refractivity contribution is 5.75. The lowest BCUT2D eigenvalue weighted by molar-refractivity contribution is -0.121. The van der Waals surface area contributed by atoms with Crippen molar-refractivity contribution in [2.75, 3.05) is 13.2 Å². The molecule has 0 bridgehead atoms. The normalized spacial score (nSPS) is 23.6. The van der Waals surface area contributed by atoms with Crippen LogP contribution in [0.5, 0.6) is 5.75 Å². The number of carbonyl (C=O) groups is 1. The van der Waals surface area contributed by atoms with Crippen molar-refractivity contribution >= 4 is 5.91 Å². The number of rotatable bonds is 10. The van der Waals surface area contributed by atoms with E-state index in [1.807, 2.05) is 6.92 Å². The van der Waals surface area contributed by atoms with Gasteiger partial charge < -0.3 is 10.1 Å². The molecule has 1 N–H and O–H groups in total. The largest absolute Gasteiger partial charge is 0.494 e. The zero-order valence-electron chi connectivity index (χ0n) is 17.2. The van der Waals surface area contributed by atoms with E-state index in [1.165, 1.54) is 44.1 Å². The summed E-state index contributed by atoms with van der Waals surface area (Å²) in [7, 11) is 0. The molecule has 1 amide bonds. The molecule has 1 aromatic carbocycles. The lowest BCUT2D eigenvalue weighted by atomic mass is 9.80. The molecule has 2 saturated carbocycles. The van der Waals surface area contributed by atoms with Gasteiger partial charge in [-0.05, 0) is 60.6 Å². The van der Waals surface area contributed by atoms with Crippen molar-refractivity contribution in [3.05, 3.63) is 29.8 Å². The first-order valence-corrected chi connectivity index (χ1v) is 11.2. The summed E-state index contributed by atoms with van der Waals surface area (Å²) in [5.74, 6) is 4.04. The first-order chi connectivity index (χ1) is 13.2. The van der Waals surface area contributed by atoms with E-state index < -0.39 is 0 Å². The Hall–Kier alpha value is -1.51. The van der Waals surface area contributed by atoms with Crippen LogP contribution >= 0.6 is 0 Å². The molecular weight excluding hydrogens is 334 g/mol. The van der Waals surface area contributed by atoms with Gasteiger partial charge in [-0.15, -0.1) is 0 Å². The molecule has 0 heterocycles. The van der Waals surface area contributed by atoms with Gasteiger partial charge in [0.2, 0.25) is 5.91 Å². The van der Waals surface area contributed by atoms with E-state index in [9.17, 15) is 4.79 Å². The van der Waals surface area contributed by atoms with Gasteiger partial charge in [-0.1, -0.05) is 58.1 Å². The van der Waals surface area contributed by atoms with Gasteiger partial charge in [0.1, 0.15) is 5.75 Å². The summed E-state index contributed by atoms with van der Waals surface area (Å²) in [6, 6.07) is 8.61. The molecule has 0 aromatic heterocycles. The number of ether oxygens (including phenoxy) is 1. The van der Waals surface area contributed by atoms with Gasteiger partial charge in [0.25, 0.3) is 0 Å². The topological polar surface area (TPSA) is 38.3 Å². The summed E-state index contributed by atoms with van der Waals surface area (Å²) in [5.41, 5.74) is 1.36. The smallest absolute Gasteiger partial charge is 0.219 e. The Morgan fingerprint density at radius 3 is 2.85 bits per heavy atom. The molecular formula is C24H37NO2. The van der Waals surface area contributed by atoms with Gasteiger partial charge in [0.15, 0.2) is 0 Å². The van der Waals surface area contributed by atoms with Gasteiger partial charge in [0, 0.05) is 13.0 Å². The van der Waals surface area contributed by atoms with Crippen molar-refractivity contribution in [2.45, 2.75) is 77.6 Å². The van der Waals surface area contributed by atoms with Gasteiger partial charge in [-0.2, -0.15) is 0 Å². The average molecular weight is 372 g/mol. The van der Waals surface area contributed by atoms with Gasteiger partial charge >= 0.3 is 0 Å². The van der Waals surface area contributed by atoms with Crippen molar-refractivity contribution in [3.63, 3.8) is 0 Å². The maximum Gasteiger partial charge on any atom is 0.219 e. The minimum absolute atomic E-state index is 0.187. The number of hydrogen-bond acceptors (Lipinski definition) is 2. The Kier molecular flexibility index (Phi) is 7.60. The number of hydrogen-bond donors (Lipinski definition) is 1. The Bertz CT molecular complexity index is 594. The summed E-state index contributed by atoms with van der Waals surface area (Å²) >= 11 is 0. The van der Waals surface area contributed by atoms with Crippen LogP contribution in [-0.4, -0.2) is 19.1 Å². The third kappa shape index (κ3) is 6.26. The predicted molar refractivity (Wildman–Crippen MR) is 111 cm³/mol. The molecule has 2 aliphatic carbocycles. The number of carbonyl (C=O) groups excluding carboxylic acids is 1. The van der Waals surface area contributed by atoms with Crippen LogP contribution in [0.4, 0.5) is 0 Å². The molecule has 3 rings (SSSR count). The van der Waals surface area contributed by atoms with E-state index in [0.717, 1.165) is 43.6 Å². The van der Waals surface area contributed by atoms with Crippen molar-refractivity contribution < 1.29 is 9.53 Å². The minimum Gasteiger partial charge on any atom is -0.494 e. The molecule has 3 atom stereocenters. The Balaban J connectivity index is 1.39. The fourth-order valence-electron chi connectivity index (χ4n) is 4.58. The third-order valence-electron chi connectivity index (χ3n) is 6.54. The molecule has 0 aliphatic heterocycles. The van der Waals surface area contributed by atoms with Crippen LogP contribution in [0.3, 0.4) is 0 Å². The fourth-order valence-corrected chi connectivity index (χ4v) is 4.58. The van der Waals surface area contributed by atoms with Crippen LogP contribution in [0.2, 0.25) is 0 Å². The van der Waals surface area contributed by atoms with Gasteiger partial charge in [0.05, 0.1) is 6.61 Å². The molecule has 2 fully saturated rings. The van der Waals surface area contributed by atoms with Crippen molar-refractivity contribution in [3.8, 4) is 5.75 Å². The summed E-state index contributed by atoms with van der Waals surface area (Å²) in [5, 5.41) is 3.07. The summed E-state index contributed by atoms with van der Waals surface area (Å²) < 4.78 is 6.08. The number of nitrogens with one attached hydrogen (secondary N) is 1. The zero-order valence-corrected chi connectivity index (χ0v) is 17.2. The monoisotopic (exact) mass is 371 g/mol. The van der Waals surface area contributed by atoms with E-state index in [1.54, 1.807) is 0 Å². The zero-order chi connectivity index (χ0) is 19.1. The SMILES string of the molecule is CCCC(=O)NC[C@@H]1C[C@H]1c1cccc(OCCC(C)C2CCCCC2)c1. The second-order valence-electron chi connectivity index (χ2n) is 8.74. The number of benzene rings is 1. The van der Waals surface area contributed by atoms with Crippen LogP contribution < -0.4 is 10.1 Å². The van der Waals surface area contributed by atoms with Crippen LogP contribution in [0.25, 0.3) is 0 Å². The second kappa shape index (κ2) is 10.1. The Labute approximate surface area is 165 Å². The maximum absolute atomic E-state index is 11.6. The van der Waals surface area contributed by atoms with Crippen molar-refractivity contribution in [1.82, 2.24) is 5.32 Å². The fraction of sp³-hybridized carbons (Fsp3) is 0.708. The van der Waals surface area contributed by atoms with Crippen LogP contribution in [0, 0.1) is 17.8 Å². The summed E-state index contributed by atoms with van der Waals surface area (Å²) in [6.45, 7) is 6.08. The van der Waals surface area contributed by atoms with E-state index >= 15 is 0 Å². The average Bonchev–Trinajstić information content (AvgIpc) is 3.47. The summed E-state index contributed by atoms with van der Waals surface area (Å²) in [4.78, 5) is 11.6. The van der Waals surface area contributed by atoms with Gasteiger partial charge in [-0.25, -0.2) is 0 Å². The molecule has 150 valence electrons. The van der Waals surface area contributed by atoms with Crippen LogP contribution in [0.1, 0.15) is 83.1 Å². The van der Waals surface area contributed by atoms with Gasteiger partial charge in [-0.3, -0.25) is 4.79 Å². The lowest BCUT2D eigenvalue weighted by Crippen LogP contribution is -2.25. The predicted octanol–water partition coefficient (Wildman–Crippen LogP) is 5.69. The first-order valence-electron chi connectivity index (χ1n) is 11.2. The molecule has 1 aromatic rings. The molecule has 0 spiro atoms. The standard InChI is InChI=1S/C24H37NO2/c1-3-8-24(26)25-17-21-16-23(21)20-11-7-12-22(15-20)27-14-13-18(2)19-9-5-4-6-10-19/h7,11-12,15,18-19,21,23H,3-6,8-10,13-14,16-17H2,1-2H3,(H,25,26)/t18?,21-,23-/m0/s1. The van der Waals surface area contributed by atoms with Crippen LogP contribution in [0.15, 0.2) is 24.3 Å². The Morgan fingerprint density at radius 1 is 1.26 bits per heavy atom.